The van der Waals surface area contributed by atoms with E-state index in [1.165, 1.54) is 0 Å². The van der Waals surface area contributed by atoms with Crippen molar-refractivity contribution in [1.82, 2.24) is 4.84 Å². The van der Waals surface area contributed by atoms with Gasteiger partial charge in [0, 0.05) is 6.54 Å². The maximum absolute atomic E-state index is 5.22. The molecule has 0 saturated heterocycles. The Hall–Kier alpha value is 1.08. The predicted molar refractivity (Wildman–Crippen MR) is 44.7 cm³/mol. The molecule has 1 unspecified atom stereocenters. The van der Waals surface area contributed by atoms with Crippen LogP contribution >= 0.6 is 39.5 Å². The first-order valence-corrected chi connectivity index (χ1v) is 4.89. The second-order valence-corrected chi connectivity index (χ2v) is 4.34. The summed E-state index contributed by atoms with van der Waals surface area (Å²) in [4.78, 5) is 2.56. The Kier molecular flexibility index (Phi) is 7.04. The molecule has 0 rings (SSSR count). The Labute approximate surface area is 67.8 Å². The Morgan fingerprint density at radius 1 is 1.88 bits per heavy atom. The Morgan fingerprint density at radius 2 is 2.50 bits per heavy atom. The van der Waals surface area contributed by atoms with E-state index in [0.717, 1.165) is 13.0 Å². The molecule has 1 atom stereocenters. The van der Waals surface area contributed by atoms with Crippen LogP contribution in [0.25, 0.3) is 0 Å². The number of alkyl halides is 1. The SMILES string of the molecule is CSC(Br)CCNCl. The van der Waals surface area contributed by atoms with Crippen molar-refractivity contribution in [2.24, 2.45) is 0 Å². The van der Waals surface area contributed by atoms with E-state index in [9.17, 15) is 0 Å². The quantitative estimate of drug-likeness (QED) is 0.574. The van der Waals surface area contributed by atoms with Crippen molar-refractivity contribution in [3.63, 3.8) is 0 Å². The van der Waals surface area contributed by atoms with Crippen molar-refractivity contribution in [1.29, 1.82) is 0 Å². The molecule has 50 valence electrons. The van der Waals surface area contributed by atoms with Crippen LogP contribution in [0.4, 0.5) is 0 Å². The van der Waals surface area contributed by atoms with Gasteiger partial charge in [-0.25, -0.2) is 4.84 Å². The van der Waals surface area contributed by atoms with Gasteiger partial charge in [0.15, 0.2) is 0 Å². The number of hydrogen-bond donors (Lipinski definition) is 1. The van der Waals surface area contributed by atoms with E-state index in [0.29, 0.717) is 4.16 Å². The van der Waals surface area contributed by atoms with Gasteiger partial charge >= 0.3 is 0 Å². The van der Waals surface area contributed by atoms with Crippen molar-refractivity contribution < 1.29 is 0 Å². The molecule has 0 aromatic rings. The fraction of sp³-hybridized carbons (Fsp3) is 1.00. The molecule has 0 aromatic heterocycles. The molecule has 0 bridgehead atoms. The fourth-order valence-electron chi connectivity index (χ4n) is 0.286. The van der Waals surface area contributed by atoms with E-state index < -0.39 is 0 Å². The molecule has 0 aliphatic carbocycles. The van der Waals surface area contributed by atoms with E-state index in [1.54, 1.807) is 11.8 Å². The minimum absolute atomic E-state index is 0.536. The highest BCUT2D eigenvalue weighted by molar-refractivity contribution is 9.11. The van der Waals surface area contributed by atoms with Crippen LogP contribution in [-0.4, -0.2) is 17.0 Å². The lowest BCUT2D eigenvalue weighted by atomic mass is 10.5. The molecule has 1 nitrogen and oxygen atoms in total. The van der Waals surface area contributed by atoms with Crippen LogP contribution in [0, 0.1) is 0 Å². The minimum Gasteiger partial charge on any atom is -0.233 e. The van der Waals surface area contributed by atoms with E-state index >= 15 is 0 Å². The highest BCUT2D eigenvalue weighted by Crippen LogP contribution is 2.16. The van der Waals surface area contributed by atoms with Crippen LogP contribution in [0.2, 0.25) is 0 Å². The van der Waals surface area contributed by atoms with Crippen LogP contribution in [-0.2, 0) is 0 Å². The summed E-state index contributed by atoms with van der Waals surface area (Å²) in [5.74, 6) is 0. The van der Waals surface area contributed by atoms with Crippen LogP contribution < -0.4 is 4.84 Å². The number of thioether (sulfide) groups is 1. The smallest absolute Gasteiger partial charge is 0.0610 e. The zero-order valence-electron chi connectivity index (χ0n) is 4.66. The monoisotopic (exact) mass is 217 g/mol. The summed E-state index contributed by atoms with van der Waals surface area (Å²) in [6, 6.07) is 0. The lowest BCUT2D eigenvalue weighted by molar-refractivity contribution is 0.863. The van der Waals surface area contributed by atoms with Crippen molar-refractivity contribution >= 4 is 39.5 Å². The van der Waals surface area contributed by atoms with E-state index in [2.05, 4.69) is 27.0 Å². The molecule has 0 radical (unpaired) electrons. The summed E-state index contributed by atoms with van der Waals surface area (Å²) in [6.45, 7) is 0.859. The van der Waals surface area contributed by atoms with Gasteiger partial charge in [0.25, 0.3) is 0 Å². The van der Waals surface area contributed by atoms with Crippen molar-refractivity contribution in [3.05, 3.63) is 0 Å². The molecule has 8 heavy (non-hydrogen) atoms. The fourth-order valence-corrected chi connectivity index (χ4v) is 0.977. The first kappa shape index (κ1) is 9.08. The molecule has 0 spiro atoms. The number of rotatable bonds is 4. The maximum atomic E-state index is 5.22. The molecule has 0 aliphatic heterocycles. The first-order chi connectivity index (χ1) is 3.81. The normalized spacial score (nSPS) is 13.9. The molecular formula is C4H9BrClNS. The predicted octanol–water partition coefficient (Wildman–Crippen LogP) is 2.20. The van der Waals surface area contributed by atoms with Gasteiger partial charge in [-0.1, -0.05) is 15.9 Å². The second kappa shape index (κ2) is 6.20. The third-order valence-electron chi connectivity index (χ3n) is 0.722. The van der Waals surface area contributed by atoms with Gasteiger partial charge in [0.05, 0.1) is 4.16 Å². The van der Waals surface area contributed by atoms with E-state index in [1.807, 2.05) is 0 Å². The lowest BCUT2D eigenvalue weighted by Gasteiger charge is -2.02. The van der Waals surface area contributed by atoms with Gasteiger partial charge in [0.2, 0.25) is 0 Å². The van der Waals surface area contributed by atoms with Crippen molar-refractivity contribution in [2.45, 2.75) is 10.6 Å². The van der Waals surface area contributed by atoms with Gasteiger partial charge in [-0.2, -0.15) is 11.8 Å². The van der Waals surface area contributed by atoms with Crippen molar-refractivity contribution in [3.8, 4) is 0 Å². The van der Waals surface area contributed by atoms with Gasteiger partial charge < -0.3 is 0 Å². The van der Waals surface area contributed by atoms with Gasteiger partial charge in [-0.3, -0.25) is 0 Å². The molecule has 0 aromatic carbocycles. The average molecular weight is 219 g/mol. The van der Waals surface area contributed by atoms with E-state index in [4.69, 9.17) is 11.8 Å². The van der Waals surface area contributed by atoms with Crippen LogP contribution in [0.1, 0.15) is 6.42 Å². The maximum Gasteiger partial charge on any atom is 0.0610 e. The molecule has 0 heterocycles. The first-order valence-electron chi connectivity index (χ1n) is 2.31. The highest BCUT2D eigenvalue weighted by Gasteiger charge is 1.97. The largest absolute Gasteiger partial charge is 0.233 e. The zero-order chi connectivity index (χ0) is 6.41. The third-order valence-corrected chi connectivity index (χ3v) is 3.24. The van der Waals surface area contributed by atoms with Gasteiger partial charge in [0.1, 0.15) is 0 Å². The lowest BCUT2D eigenvalue weighted by Crippen LogP contribution is -2.05. The Balaban J connectivity index is 2.86. The van der Waals surface area contributed by atoms with Gasteiger partial charge in [-0.15, -0.1) is 0 Å². The van der Waals surface area contributed by atoms with Crippen LogP contribution in [0.15, 0.2) is 0 Å². The molecular weight excluding hydrogens is 209 g/mol. The summed E-state index contributed by atoms with van der Waals surface area (Å²) in [5.41, 5.74) is 0. The molecule has 4 heteroatoms. The van der Waals surface area contributed by atoms with Crippen molar-refractivity contribution in [2.75, 3.05) is 12.8 Å². The summed E-state index contributed by atoms with van der Waals surface area (Å²) in [6.07, 6.45) is 3.12. The standard InChI is InChI=1S/C4H9BrClNS/c1-8-4(5)2-3-7-6/h4,7H,2-3H2,1H3. The average Bonchev–Trinajstić information content (AvgIpc) is 1.83. The van der Waals surface area contributed by atoms with Gasteiger partial charge in [-0.05, 0) is 24.5 Å². The molecule has 0 fully saturated rings. The molecule has 0 saturated carbocycles. The Morgan fingerprint density at radius 3 is 2.88 bits per heavy atom. The topological polar surface area (TPSA) is 12.0 Å². The number of halogens is 2. The van der Waals surface area contributed by atoms with Crippen LogP contribution in [0.5, 0.6) is 0 Å². The molecule has 0 aliphatic rings. The summed E-state index contributed by atoms with van der Waals surface area (Å²) in [7, 11) is 0. The summed E-state index contributed by atoms with van der Waals surface area (Å²) in [5, 5.41) is 0. The number of hydrogen-bond acceptors (Lipinski definition) is 2. The summed E-state index contributed by atoms with van der Waals surface area (Å²) >= 11 is 10.4. The molecule has 1 N–H and O–H groups in total. The van der Waals surface area contributed by atoms with Crippen LogP contribution in [0.3, 0.4) is 0 Å². The molecule has 0 amide bonds. The second-order valence-electron chi connectivity index (χ2n) is 1.32. The Bertz CT molecular complexity index is 55.3. The number of nitrogens with one attached hydrogen (secondary N) is 1. The zero-order valence-corrected chi connectivity index (χ0v) is 7.81. The minimum atomic E-state index is 0.536. The van der Waals surface area contributed by atoms with E-state index in [-0.39, 0.29) is 0 Å². The highest BCUT2D eigenvalue weighted by atomic mass is 79.9. The summed E-state index contributed by atoms with van der Waals surface area (Å²) < 4.78 is 0.536. The third kappa shape index (κ3) is 5.22.